The molecular formula is C27H45NO3. The number of hydrogen-bond acceptors (Lipinski definition) is 4. The van der Waals surface area contributed by atoms with Crippen molar-refractivity contribution in [3.05, 3.63) is 23.3 Å². The molecule has 1 saturated heterocycles. The summed E-state index contributed by atoms with van der Waals surface area (Å²) in [7, 11) is 0. The molecule has 0 unspecified atom stereocenters. The second kappa shape index (κ2) is 9.29. The molecule has 0 aromatic rings. The summed E-state index contributed by atoms with van der Waals surface area (Å²) in [5, 5.41) is 20.7. The van der Waals surface area contributed by atoms with Gasteiger partial charge >= 0.3 is 0 Å². The fourth-order valence-corrected chi connectivity index (χ4v) is 7.39. The van der Waals surface area contributed by atoms with Crippen LogP contribution in [-0.4, -0.2) is 60.2 Å². The van der Waals surface area contributed by atoms with Crippen molar-refractivity contribution < 1.29 is 14.9 Å². The highest BCUT2D eigenvalue weighted by Crippen LogP contribution is 2.59. The minimum Gasteiger partial charge on any atom is -0.393 e. The summed E-state index contributed by atoms with van der Waals surface area (Å²) in [4.78, 5) is 2.61. The maximum Gasteiger partial charge on any atom is 0.0653 e. The number of hydrogen-bond donors (Lipinski definition) is 2. The summed E-state index contributed by atoms with van der Waals surface area (Å²) in [6, 6.07) is 0. The van der Waals surface area contributed by atoms with Crippen LogP contribution in [0.3, 0.4) is 0 Å². The molecule has 4 aliphatic rings. The molecule has 176 valence electrons. The van der Waals surface area contributed by atoms with Gasteiger partial charge in [-0.25, -0.2) is 0 Å². The van der Waals surface area contributed by atoms with Crippen LogP contribution in [0.2, 0.25) is 0 Å². The van der Waals surface area contributed by atoms with E-state index in [2.05, 4.69) is 44.7 Å². The number of aliphatic hydroxyl groups excluding tert-OH is 2. The summed E-state index contributed by atoms with van der Waals surface area (Å²) in [6.07, 6.45) is 11.5. The monoisotopic (exact) mass is 431 g/mol. The number of rotatable bonds is 4. The van der Waals surface area contributed by atoms with Gasteiger partial charge in [-0.1, -0.05) is 51.0 Å². The van der Waals surface area contributed by atoms with Crippen LogP contribution in [0.25, 0.3) is 0 Å². The van der Waals surface area contributed by atoms with Gasteiger partial charge in [-0.15, -0.1) is 0 Å². The highest BCUT2D eigenvalue weighted by Gasteiger charge is 2.50. The third-order valence-corrected chi connectivity index (χ3v) is 9.48. The van der Waals surface area contributed by atoms with Crippen molar-refractivity contribution >= 4 is 0 Å². The van der Waals surface area contributed by atoms with Crippen molar-refractivity contribution in [1.29, 1.82) is 0 Å². The predicted molar refractivity (Wildman–Crippen MR) is 126 cm³/mol. The fraction of sp³-hybridized carbons (Fsp3) is 0.852. The quantitative estimate of drug-likeness (QED) is 0.685. The second-order valence-electron chi connectivity index (χ2n) is 11.8. The van der Waals surface area contributed by atoms with Gasteiger partial charge in [0, 0.05) is 31.5 Å². The SMILES string of the molecule is C[C@H](CN1CCOCC1)[C@H]1CC[C@H]2/C(=C/C=C3/C[C@@H](O)C[C@H](O)C3(C)C)CCC[C@]12C. The second-order valence-corrected chi connectivity index (χ2v) is 11.8. The zero-order valence-corrected chi connectivity index (χ0v) is 20.3. The molecule has 0 bridgehead atoms. The van der Waals surface area contributed by atoms with Crippen LogP contribution in [0.1, 0.15) is 72.6 Å². The maximum absolute atomic E-state index is 10.5. The highest BCUT2D eigenvalue weighted by molar-refractivity contribution is 5.29. The molecule has 2 N–H and O–H groups in total. The van der Waals surface area contributed by atoms with Crippen molar-refractivity contribution in [3.8, 4) is 0 Å². The van der Waals surface area contributed by atoms with Crippen LogP contribution in [0.15, 0.2) is 23.3 Å². The van der Waals surface area contributed by atoms with Gasteiger partial charge in [0.25, 0.3) is 0 Å². The molecule has 1 heterocycles. The number of morpholine rings is 1. The first-order valence-corrected chi connectivity index (χ1v) is 12.8. The minimum absolute atomic E-state index is 0.251. The van der Waals surface area contributed by atoms with E-state index < -0.39 is 12.2 Å². The van der Waals surface area contributed by atoms with Crippen molar-refractivity contribution in [3.63, 3.8) is 0 Å². The molecule has 3 aliphatic carbocycles. The smallest absolute Gasteiger partial charge is 0.0653 e. The average Bonchev–Trinajstić information content (AvgIpc) is 3.08. The number of ether oxygens (including phenoxy) is 1. The highest BCUT2D eigenvalue weighted by atomic mass is 16.5. The first-order chi connectivity index (χ1) is 14.7. The summed E-state index contributed by atoms with van der Waals surface area (Å²) in [5.41, 5.74) is 2.98. The number of aliphatic hydroxyl groups is 2. The lowest BCUT2D eigenvalue weighted by Crippen LogP contribution is -2.43. The summed E-state index contributed by atoms with van der Waals surface area (Å²) in [6.45, 7) is 14.5. The lowest BCUT2D eigenvalue weighted by molar-refractivity contribution is -0.00660. The normalized spacial score (nSPS) is 42.6. The summed E-state index contributed by atoms with van der Waals surface area (Å²) >= 11 is 0. The Morgan fingerprint density at radius 2 is 1.87 bits per heavy atom. The van der Waals surface area contributed by atoms with Crippen LogP contribution in [0, 0.1) is 28.6 Å². The largest absolute Gasteiger partial charge is 0.393 e. The molecule has 0 amide bonds. The van der Waals surface area contributed by atoms with E-state index in [1.54, 1.807) is 5.57 Å². The van der Waals surface area contributed by atoms with E-state index in [1.165, 1.54) is 44.2 Å². The Hall–Kier alpha value is -0.680. The third kappa shape index (κ3) is 4.69. The fourth-order valence-electron chi connectivity index (χ4n) is 7.39. The molecule has 6 atom stereocenters. The first-order valence-electron chi connectivity index (χ1n) is 12.8. The van der Waals surface area contributed by atoms with Crippen LogP contribution in [0.4, 0.5) is 0 Å². The Balaban J connectivity index is 1.49. The van der Waals surface area contributed by atoms with Gasteiger partial charge in [0.2, 0.25) is 0 Å². The molecule has 0 radical (unpaired) electrons. The molecule has 4 nitrogen and oxygen atoms in total. The standard InChI is InChI=1S/C27H45NO3/c1-19(18-28-12-14-31-15-13-28)23-9-10-24-20(6-5-11-27(23,24)4)7-8-21-16-22(29)17-25(30)26(21,2)3/h7-8,19,22-25,29-30H,5-6,9-18H2,1-4H3/b20-7+,21-8-/t19-,22-,23-,24+,25+,27-/m1/s1. The number of fused-ring (bicyclic) bond motifs is 1. The first kappa shape index (κ1) is 23.5. The van der Waals surface area contributed by atoms with Crippen LogP contribution >= 0.6 is 0 Å². The average molecular weight is 432 g/mol. The van der Waals surface area contributed by atoms with E-state index in [4.69, 9.17) is 4.74 Å². The number of nitrogens with zero attached hydrogens (tertiary/aromatic N) is 1. The van der Waals surface area contributed by atoms with Gasteiger partial charge in [0.05, 0.1) is 25.4 Å². The predicted octanol–water partition coefficient (Wildman–Crippen LogP) is 4.57. The Morgan fingerprint density at radius 3 is 2.61 bits per heavy atom. The maximum atomic E-state index is 10.5. The molecule has 0 aromatic carbocycles. The molecular weight excluding hydrogens is 386 g/mol. The Morgan fingerprint density at radius 1 is 1.13 bits per heavy atom. The molecule has 0 aromatic heterocycles. The number of allylic oxidation sites excluding steroid dienone is 3. The molecule has 0 spiro atoms. The molecule has 4 rings (SSSR count). The van der Waals surface area contributed by atoms with E-state index in [0.29, 0.717) is 24.2 Å². The van der Waals surface area contributed by atoms with Gasteiger partial charge < -0.3 is 14.9 Å². The minimum atomic E-state index is -0.464. The van der Waals surface area contributed by atoms with Gasteiger partial charge in [-0.3, -0.25) is 4.90 Å². The van der Waals surface area contributed by atoms with E-state index >= 15 is 0 Å². The lowest BCUT2D eigenvalue weighted by Gasteiger charge is -2.45. The van der Waals surface area contributed by atoms with Gasteiger partial charge in [-0.2, -0.15) is 0 Å². The van der Waals surface area contributed by atoms with Crippen molar-refractivity contribution in [1.82, 2.24) is 4.90 Å². The zero-order chi connectivity index (χ0) is 22.2. The molecule has 31 heavy (non-hydrogen) atoms. The van der Waals surface area contributed by atoms with Crippen LogP contribution in [-0.2, 0) is 4.74 Å². The topological polar surface area (TPSA) is 52.9 Å². The van der Waals surface area contributed by atoms with Crippen LogP contribution < -0.4 is 0 Å². The summed E-state index contributed by atoms with van der Waals surface area (Å²) in [5.74, 6) is 2.22. The van der Waals surface area contributed by atoms with Gasteiger partial charge in [-0.05, 0) is 61.7 Å². The third-order valence-electron chi connectivity index (χ3n) is 9.48. The van der Waals surface area contributed by atoms with Crippen molar-refractivity contribution in [2.24, 2.45) is 28.6 Å². The Labute approximate surface area is 189 Å². The molecule has 4 fully saturated rings. The van der Waals surface area contributed by atoms with E-state index in [9.17, 15) is 10.2 Å². The van der Waals surface area contributed by atoms with E-state index in [0.717, 1.165) is 38.1 Å². The van der Waals surface area contributed by atoms with E-state index in [-0.39, 0.29) is 5.41 Å². The molecule has 1 aliphatic heterocycles. The Bertz CT molecular complexity index is 693. The van der Waals surface area contributed by atoms with Gasteiger partial charge in [0.15, 0.2) is 0 Å². The van der Waals surface area contributed by atoms with Crippen LogP contribution in [0.5, 0.6) is 0 Å². The Kier molecular flexibility index (Phi) is 7.03. The van der Waals surface area contributed by atoms with Crippen molar-refractivity contribution in [2.75, 3.05) is 32.8 Å². The zero-order valence-electron chi connectivity index (χ0n) is 20.3. The van der Waals surface area contributed by atoms with Gasteiger partial charge in [0.1, 0.15) is 0 Å². The molecule has 3 saturated carbocycles. The van der Waals surface area contributed by atoms with E-state index in [1.807, 2.05) is 0 Å². The lowest BCUT2D eigenvalue weighted by atomic mass is 9.61. The molecule has 4 heteroatoms. The van der Waals surface area contributed by atoms with Crippen molar-refractivity contribution in [2.45, 2.75) is 84.8 Å². The summed E-state index contributed by atoms with van der Waals surface area (Å²) < 4.78 is 5.55.